The highest BCUT2D eigenvalue weighted by atomic mass is 32.2. The van der Waals surface area contributed by atoms with Gasteiger partial charge in [0.1, 0.15) is 18.0 Å². The summed E-state index contributed by atoms with van der Waals surface area (Å²) < 4.78 is 79.9. The van der Waals surface area contributed by atoms with Gasteiger partial charge < -0.3 is 14.2 Å². The fourth-order valence-electron chi connectivity index (χ4n) is 3.37. The lowest BCUT2D eigenvalue weighted by Gasteiger charge is -2.31. The van der Waals surface area contributed by atoms with E-state index in [1.807, 2.05) is 6.07 Å². The third-order valence-corrected chi connectivity index (χ3v) is 6.67. The molecule has 2 saturated heterocycles. The van der Waals surface area contributed by atoms with Gasteiger partial charge in [0.15, 0.2) is 0 Å². The fraction of sp³-hybridized carbons (Fsp3) is 0.368. The van der Waals surface area contributed by atoms with Crippen molar-refractivity contribution in [1.82, 2.24) is 4.31 Å². The Kier molecular flexibility index (Phi) is 5.28. The van der Waals surface area contributed by atoms with Crippen LogP contribution < -0.4 is 4.74 Å². The van der Waals surface area contributed by atoms with E-state index in [4.69, 9.17) is 9.47 Å². The molecule has 0 amide bonds. The molecule has 0 bridgehead atoms. The number of epoxide rings is 1. The van der Waals surface area contributed by atoms with E-state index in [0.29, 0.717) is 6.61 Å². The van der Waals surface area contributed by atoms with Crippen molar-refractivity contribution in [3.63, 3.8) is 0 Å². The minimum absolute atomic E-state index is 0.0879. The molecule has 0 aliphatic carbocycles. The van der Waals surface area contributed by atoms with E-state index >= 15 is 0 Å². The topological polar surface area (TPSA) is 68.4 Å². The monoisotopic (exact) mass is 429 g/mol. The number of nitrogens with zero attached hydrogens (tertiary/aromatic N) is 1. The van der Waals surface area contributed by atoms with Crippen LogP contribution in [0.25, 0.3) is 0 Å². The van der Waals surface area contributed by atoms with Crippen LogP contribution in [0.4, 0.5) is 13.2 Å². The van der Waals surface area contributed by atoms with Crippen molar-refractivity contribution in [2.45, 2.75) is 36.1 Å². The minimum atomic E-state index is -4.85. The third-order valence-electron chi connectivity index (χ3n) is 4.79. The molecule has 2 aliphatic heterocycles. The van der Waals surface area contributed by atoms with Gasteiger partial charge in [-0.25, -0.2) is 8.42 Å². The van der Waals surface area contributed by atoms with Gasteiger partial charge in [-0.1, -0.05) is 30.3 Å². The maximum atomic E-state index is 13.3. The molecule has 2 heterocycles. The number of rotatable bonds is 6. The van der Waals surface area contributed by atoms with E-state index in [1.54, 1.807) is 24.3 Å². The second-order valence-corrected chi connectivity index (χ2v) is 8.69. The third kappa shape index (κ3) is 4.55. The Labute approximate surface area is 165 Å². The van der Waals surface area contributed by atoms with Gasteiger partial charge in [0.2, 0.25) is 10.0 Å². The highest BCUT2D eigenvalue weighted by Crippen LogP contribution is 2.36. The van der Waals surface area contributed by atoms with Gasteiger partial charge in [-0.05, 0) is 29.8 Å². The van der Waals surface area contributed by atoms with Crippen LogP contribution in [0.1, 0.15) is 5.56 Å². The molecule has 0 spiro atoms. The van der Waals surface area contributed by atoms with E-state index in [-0.39, 0.29) is 30.3 Å². The van der Waals surface area contributed by atoms with Gasteiger partial charge in [0.25, 0.3) is 0 Å². The molecule has 6 nitrogen and oxygen atoms in total. The van der Waals surface area contributed by atoms with Gasteiger partial charge in [-0.2, -0.15) is 4.31 Å². The van der Waals surface area contributed by atoms with E-state index < -0.39 is 28.2 Å². The first-order valence-electron chi connectivity index (χ1n) is 8.89. The molecule has 0 saturated carbocycles. The zero-order chi connectivity index (χ0) is 20.6. The molecule has 2 aromatic carbocycles. The zero-order valence-corrected chi connectivity index (χ0v) is 15.9. The molecular weight excluding hydrogens is 411 g/mol. The number of hydrogen-bond acceptors (Lipinski definition) is 5. The van der Waals surface area contributed by atoms with Crippen LogP contribution in [0.2, 0.25) is 0 Å². The van der Waals surface area contributed by atoms with Gasteiger partial charge in [-0.15, -0.1) is 13.2 Å². The van der Waals surface area contributed by atoms with Crippen LogP contribution in [0.3, 0.4) is 0 Å². The second kappa shape index (κ2) is 7.60. The summed E-state index contributed by atoms with van der Waals surface area (Å²) in [4.78, 5) is -0.134. The van der Waals surface area contributed by atoms with E-state index in [1.165, 1.54) is 4.31 Å². The van der Waals surface area contributed by atoms with Crippen LogP contribution >= 0.6 is 0 Å². The number of ether oxygens (including phenoxy) is 3. The van der Waals surface area contributed by atoms with Crippen molar-refractivity contribution in [3.8, 4) is 5.75 Å². The molecule has 156 valence electrons. The first-order chi connectivity index (χ1) is 13.7. The summed E-state index contributed by atoms with van der Waals surface area (Å²) >= 11 is 0. The lowest BCUT2D eigenvalue weighted by molar-refractivity contribution is -0.274. The Morgan fingerprint density at radius 3 is 2.38 bits per heavy atom. The number of halogens is 3. The maximum absolute atomic E-state index is 13.3. The normalized spacial score (nSPS) is 24.2. The lowest BCUT2D eigenvalue weighted by atomic mass is 10.1. The molecule has 3 atom stereocenters. The number of sulfonamides is 1. The predicted octanol–water partition coefficient (Wildman–Crippen LogP) is 2.94. The van der Waals surface area contributed by atoms with Crippen LogP contribution in [-0.2, 0) is 26.0 Å². The summed E-state index contributed by atoms with van der Waals surface area (Å²) in [6.07, 6.45) is -5.24. The average Bonchev–Trinajstić information content (AvgIpc) is 3.46. The smallest absolute Gasteiger partial charge is 0.406 e. The second-order valence-electron chi connectivity index (χ2n) is 6.80. The van der Waals surface area contributed by atoms with Crippen molar-refractivity contribution in [2.24, 2.45) is 0 Å². The van der Waals surface area contributed by atoms with Gasteiger partial charge in [0, 0.05) is 6.54 Å². The average molecular weight is 429 g/mol. The number of fused-ring (bicyclic) bond motifs is 1. The van der Waals surface area contributed by atoms with Gasteiger partial charge in [-0.3, -0.25) is 0 Å². The van der Waals surface area contributed by atoms with Gasteiger partial charge in [0.05, 0.1) is 24.2 Å². The molecule has 10 heteroatoms. The molecule has 2 fully saturated rings. The quantitative estimate of drug-likeness (QED) is 0.661. The van der Waals surface area contributed by atoms with E-state index in [0.717, 1.165) is 29.8 Å². The largest absolute Gasteiger partial charge is 0.573 e. The fourth-order valence-corrected chi connectivity index (χ4v) is 4.98. The minimum Gasteiger partial charge on any atom is -0.406 e. The van der Waals surface area contributed by atoms with Crippen LogP contribution in [0.5, 0.6) is 5.75 Å². The standard InChI is InChI=1S/C19H18F3NO5S/c20-19(21,22)28-14-6-8-15(9-7-14)29(24,25)23(10-13-4-2-1-3-5-13)16-11-26-12-17-18(16)27-17/h1-9,16-18H,10-12H2. The summed E-state index contributed by atoms with van der Waals surface area (Å²) in [6, 6.07) is 12.7. The van der Waals surface area contributed by atoms with E-state index in [9.17, 15) is 21.6 Å². The number of alkyl halides is 3. The van der Waals surface area contributed by atoms with Gasteiger partial charge >= 0.3 is 6.36 Å². The maximum Gasteiger partial charge on any atom is 0.573 e. The Balaban J connectivity index is 1.63. The lowest BCUT2D eigenvalue weighted by Crippen LogP contribution is -2.48. The number of benzene rings is 2. The number of hydrogen-bond donors (Lipinski definition) is 0. The first kappa shape index (κ1) is 20.1. The van der Waals surface area contributed by atoms with Crippen molar-refractivity contribution in [2.75, 3.05) is 13.2 Å². The highest BCUT2D eigenvalue weighted by Gasteiger charge is 2.53. The summed E-state index contributed by atoms with van der Waals surface area (Å²) in [5.74, 6) is -0.488. The molecule has 4 rings (SSSR count). The Morgan fingerprint density at radius 2 is 1.72 bits per heavy atom. The first-order valence-corrected chi connectivity index (χ1v) is 10.3. The Hall–Kier alpha value is -2.14. The van der Waals surface area contributed by atoms with Crippen LogP contribution in [-0.4, -0.2) is 50.5 Å². The molecule has 29 heavy (non-hydrogen) atoms. The molecule has 3 unspecified atom stereocenters. The van der Waals surface area contributed by atoms with Crippen molar-refractivity contribution in [1.29, 1.82) is 0 Å². The molecule has 2 aliphatic rings. The summed E-state index contributed by atoms with van der Waals surface area (Å²) in [5.41, 5.74) is 0.774. The summed E-state index contributed by atoms with van der Waals surface area (Å²) in [5, 5.41) is 0. The Bertz CT molecular complexity index is 950. The molecule has 2 aromatic rings. The summed E-state index contributed by atoms with van der Waals surface area (Å²) in [7, 11) is -4.03. The Morgan fingerprint density at radius 1 is 1.03 bits per heavy atom. The molecule has 0 radical (unpaired) electrons. The zero-order valence-electron chi connectivity index (χ0n) is 15.1. The SMILES string of the molecule is O=S(=O)(c1ccc(OC(F)(F)F)cc1)N(Cc1ccccc1)C1COCC2OC21. The van der Waals surface area contributed by atoms with Crippen molar-refractivity contribution in [3.05, 3.63) is 60.2 Å². The van der Waals surface area contributed by atoms with Crippen molar-refractivity contribution >= 4 is 10.0 Å². The van der Waals surface area contributed by atoms with Crippen LogP contribution in [0, 0.1) is 0 Å². The summed E-state index contributed by atoms with van der Waals surface area (Å²) in [6.45, 7) is 0.691. The van der Waals surface area contributed by atoms with Crippen LogP contribution in [0.15, 0.2) is 59.5 Å². The van der Waals surface area contributed by atoms with Crippen molar-refractivity contribution < 1.29 is 35.8 Å². The van der Waals surface area contributed by atoms with E-state index in [2.05, 4.69) is 4.74 Å². The highest BCUT2D eigenvalue weighted by molar-refractivity contribution is 7.89. The molecular formula is C19H18F3NO5S. The molecule has 0 N–H and O–H groups in total. The molecule has 0 aromatic heterocycles. The predicted molar refractivity (Wildman–Crippen MR) is 95.6 cm³/mol.